The van der Waals surface area contributed by atoms with Gasteiger partial charge >= 0.3 is 17.9 Å². The van der Waals surface area contributed by atoms with Gasteiger partial charge in [-0.15, -0.1) is 0 Å². The summed E-state index contributed by atoms with van der Waals surface area (Å²) in [4.78, 5) is 38.3. The van der Waals surface area contributed by atoms with E-state index in [2.05, 4.69) is 142 Å². The largest absolute Gasteiger partial charge is 0.462 e. The minimum Gasteiger partial charge on any atom is -0.462 e. The van der Waals surface area contributed by atoms with Crippen LogP contribution in [0.4, 0.5) is 0 Å². The maximum atomic E-state index is 12.9. The molecule has 0 saturated heterocycles. The number of carbonyl (C=O) groups excluding carboxylic acids is 3. The van der Waals surface area contributed by atoms with Crippen LogP contribution in [0.25, 0.3) is 0 Å². The van der Waals surface area contributed by atoms with Crippen LogP contribution in [0.2, 0.25) is 0 Å². The van der Waals surface area contributed by atoms with Crippen molar-refractivity contribution in [1.29, 1.82) is 0 Å². The number of esters is 3. The Balaban J connectivity index is 4.41. The molecule has 6 nitrogen and oxygen atoms in total. The van der Waals surface area contributed by atoms with Gasteiger partial charge in [-0.1, -0.05) is 258 Å². The molecule has 77 heavy (non-hydrogen) atoms. The highest BCUT2D eigenvalue weighted by Gasteiger charge is 2.19. The summed E-state index contributed by atoms with van der Waals surface area (Å²) in [5, 5.41) is 0. The molecule has 0 fully saturated rings. The first kappa shape index (κ1) is 72.8. The molecule has 0 radical (unpaired) electrons. The van der Waals surface area contributed by atoms with Crippen molar-refractivity contribution in [3.63, 3.8) is 0 Å². The van der Waals surface area contributed by atoms with Gasteiger partial charge in [0.1, 0.15) is 13.2 Å². The van der Waals surface area contributed by atoms with Crippen molar-refractivity contribution in [1.82, 2.24) is 0 Å². The second-order valence-electron chi connectivity index (χ2n) is 20.9. The lowest BCUT2D eigenvalue weighted by Gasteiger charge is -2.18. The molecule has 0 aromatic rings. The molecule has 0 saturated carbocycles. The van der Waals surface area contributed by atoms with E-state index < -0.39 is 6.10 Å². The van der Waals surface area contributed by atoms with Crippen LogP contribution in [0, 0.1) is 0 Å². The van der Waals surface area contributed by atoms with Crippen LogP contribution < -0.4 is 0 Å². The number of hydrogen-bond donors (Lipinski definition) is 0. The van der Waals surface area contributed by atoms with Crippen LogP contribution in [0.5, 0.6) is 0 Å². The second kappa shape index (κ2) is 64.3. The van der Waals surface area contributed by atoms with Crippen LogP contribution >= 0.6 is 0 Å². The van der Waals surface area contributed by atoms with E-state index in [4.69, 9.17) is 14.2 Å². The van der Waals surface area contributed by atoms with Gasteiger partial charge in [0.25, 0.3) is 0 Å². The fourth-order valence-electron chi connectivity index (χ4n) is 8.62. The maximum absolute atomic E-state index is 12.9. The summed E-state index contributed by atoms with van der Waals surface area (Å²) in [6, 6.07) is 0. The molecule has 0 heterocycles. The number of hydrogen-bond acceptors (Lipinski definition) is 6. The van der Waals surface area contributed by atoms with Crippen molar-refractivity contribution >= 4 is 17.9 Å². The van der Waals surface area contributed by atoms with E-state index in [-0.39, 0.29) is 31.1 Å². The van der Waals surface area contributed by atoms with Crippen LogP contribution in [0.1, 0.15) is 290 Å². The number of carbonyl (C=O) groups is 3. The van der Waals surface area contributed by atoms with Crippen molar-refractivity contribution in [2.45, 2.75) is 297 Å². The summed E-state index contributed by atoms with van der Waals surface area (Å²) < 4.78 is 16.9. The first-order chi connectivity index (χ1) is 38.0. The van der Waals surface area contributed by atoms with Crippen LogP contribution in [0.15, 0.2) is 122 Å². The fraction of sp³-hybridized carbons (Fsp3) is 0.676. The molecular weight excluding hydrogens is 949 g/mol. The minimum atomic E-state index is -0.798. The first-order valence-corrected chi connectivity index (χ1v) is 32.0. The zero-order valence-electron chi connectivity index (χ0n) is 50.2. The molecule has 1 atom stereocenters. The van der Waals surface area contributed by atoms with Gasteiger partial charge in [-0.3, -0.25) is 14.4 Å². The first-order valence-electron chi connectivity index (χ1n) is 32.0. The van der Waals surface area contributed by atoms with E-state index >= 15 is 0 Å². The Kier molecular flexibility index (Phi) is 60.8. The molecule has 0 amide bonds. The van der Waals surface area contributed by atoms with Crippen molar-refractivity contribution in [2.24, 2.45) is 0 Å². The second-order valence-corrected chi connectivity index (χ2v) is 20.9. The molecule has 1 unspecified atom stereocenters. The summed E-state index contributed by atoms with van der Waals surface area (Å²) in [5.41, 5.74) is 0. The Hall–Kier alpha value is -4.19. The van der Waals surface area contributed by atoms with Gasteiger partial charge in [-0.2, -0.15) is 0 Å². The molecule has 0 bridgehead atoms. The van der Waals surface area contributed by atoms with Gasteiger partial charge in [0.05, 0.1) is 0 Å². The third-order valence-electron chi connectivity index (χ3n) is 13.4. The highest BCUT2D eigenvalue weighted by molar-refractivity contribution is 5.71. The molecule has 0 aromatic carbocycles. The lowest BCUT2D eigenvalue weighted by molar-refractivity contribution is -0.167. The summed E-state index contributed by atoms with van der Waals surface area (Å²) >= 11 is 0. The van der Waals surface area contributed by atoms with E-state index in [1.165, 1.54) is 103 Å². The zero-order valence-corrected chi connectivity index (χ0v) is 50.2. The lowest BCUT2D eigenvalue weighted by atomic mass is 10.1. The standard InChI is InChI=1S/C71H118O6/c1-4-7-10-13-16-19-22-25-28-30-32-33-34-35-36-37-39-40-43-46-49-52-55-58-61-64-70(73)76-67-68(66-75-69(72)63-60-57-54-51-48-45-42-27-24-21-18-15-12-9-6-3)77-71(74)65-62-59-56-53-50-47-44-41-38-31-29-26-23-20-17-14-11-8-5-2/h7,10,16-21,25-29,32-33,35-36,38,41-42,68H,4-6,8-9,11-15,22-24,30-31,34,37,39-40,43-67H2,1-3H3/b10-7-,19-16-,20-17-,21-18-,28-25-,29-26-,33-32-,36-35-,41-38-,42-27-. The van der Waals surface area contributed by atoms with Crippen molar-refractivity contribution in [3.8, 4) is 0 Å². The smallest absolute Gasteiger partial charge is 0.306 e. The third kappa shape index (κ3) is 62.5. The average Bonchev–Trinajstić information content (AvgIpc) is 3.43. The number of ether oxygens (including phenoxy) is 3. The summed E-state index contributed by atoms with van der Waals surface area (Å²) in [6.07, 6.45) is 89.0. The molecule has 0 N–H and O–H groups in total. The van der Waals surface area contributed by atoms with Crippen LogP contribution in [-0.2, 0) is 28.6 Å². The lowest BCUT2D eigenvalue weighted by Crippen LogP contribution is -2.30. The topological polar surface area (TPSA) is 78.9 Å². The Labute approximate surface area is 475 Å². The summed E-state index contributed by atoms with van der Waals surface area (Å²) in [6.45, 7) is 6.46. The summed E-state index contributed by atoms with van der Waals surface area (Å²) in [7, 11) is 0. The Bertz CT molecular complexity index is 1600. The predicted molar refractivity (Wildman–Crippen MR) is 334 cm³/mol. The Morgan fingerprint density at radius 2 is 0.506 bits per heavy atom. The predicted octanol–water partition coefficient (Wildman–Crippen LogP) is 22.0. The Morgan fingerprint density at radius 3 is 0.792 bits per heavy atom. The Morgan fingerprint density at radius 1 is 0.273 bits per heavy atom. The normalized spacial score (nSPS) is 12.9. The van der Waals surface area contributed by atoms with Crippen LogP contribution in [-0.4, -0.2) is 37.2 Å². The van der Waals surface area contributed by atoms with Gasteiger partial charge in [-0.05, 0) is 135 Å². The third-order valence-corrected chi connectivity index (χ3v) is 13.4. The fourth-order valence-corrected chi connectivity index (χ4v) is 8.62. The number of allylic oxidation sites excluding steroid dienone is 20. The van der Waals surface area contributed by atoms with Gasteiger partial charge in [0.15, 0.2) is 6.10 Å². The minimum absolute atomic E-state index is 0.0934. The van der Waals surface area contributed by atoms with E-state index in [1.807, 2.05) is 0 Å². The molecule has 0 aliphatic carbocycles. The number of unbranched alkanes of at least 4 members (excludes halogenated alkanes) is 26. The molecule has 0 aliphatic heterocycles. The molecule has 0 aromatic heterocycles. The van der Waals surface area contributed by atoms with Gasteiger partial charge in [-0.25, -0.2) is 0 Å². The molecule has 6 heteroatoms. The van der Waals surface area contributed by atoms with Crippen molar-refractivity contribution < 1.29 is 28.6 Å². The highest BCUT2D eigenvalue weighted by atomic mass is 16.6. The van der Waals surface area contributed by atoms with Crippen molar-refractivity contribution in [2.75, 3.05) is 13.2 Å². The van der Waals surface area contributed by atoms with Crippen LogP contribution in [0.3, 0.4) is 0 Å². The molecule has 0 rings (SSSR count). The van der Waals surface area contributed by atoms with Gasteiger partial charge in [0.2, 0.25) is 0 Å². The van der Waals surface area contributed by atoms with Gasteiger partial charge < -0.3 is 14.2 Å². The van der Waals surface area contributed by atoms with E-state index in [0.717, 1.165) is 148 Å². The molecule has 0 aliphatic rings. The highest BCUT2D eigenvalue weighted by Crippen LogP contribution is 2.15. The van der Waals surface area contributed by atoms with Gasteiger partial charge in [0, 0.05) is 19.3 Å². The van der Waals surface area contributed by atoms with E-state index in [1.54, 1.807) is 0 Å². The maximum Gasteiger partial charge on any atom is 0.306 e. The molecule has 0 spiro atoms. The summed E-state index contributed by atoms with van der Waals surface area (Å²) in [5.74, 6) is -0.921. The van der Waals surface area contributed by atoms with E-state index in [9.17, 15) is 14.4 Å². The molecular formula is C71H118O6. The van der Waals surface area contributed by atoms with E-state index in [0.29, 0.717) is 19.3 Å². The van der Waals surface area contributed by atoms with Crippen molar-refractivity contribution in [3.05, 3.63) is 122 Å². The molecule has 438 valence electrons. The SMILES string of the molecule is CC/C=C\C/C=C\C/C=C\C/C=C\C/C=C\CCCCCCCCCCCC(=O)OCC(COC(=O)CCCCCCC/C=C\C/C=C\CCCCC)OC(=O)CCCCCCCC/C=C\C/C=C\C/C=C\CCCCC. The monoisotopic (exact) mass is 1070 g/mol. The average molecular weight is 1070 g/mol. The zero-order chi connectivity index (χ0) is 55.7. The quantitative estimate of drug-likeness (QED) is 0.0261. The number of rotatable bonds is 57.